The van der Waals surface area contributed by atoms with E-state index in [2.05, 4.69) is 0 Å². The SMILES string of the molecule is CC(C)[C@@H](C(=O)O)c1ccccc1. The molecule has 1 N–H and O–H groups in total. The Bertz CT molecular complexity index is 277. The van der Waals surface area contributed by atoms with Crippen LogP contribution in [0.15, 0.2) is 30.3 Å². The van der Waals surface area contributed by atoms with Crippen LogP contribution in [-0.4, -0.2) is 11.1 Å². The summed E-state index contributed by atoms with van der Waals surface area (Å²) < 4.78 is 0. The van der Waals surface area contributed by atoms with Gasteiger partial charge in [0.25, 0.3) is 0 Å². The summed E-state index contributed by atoms with van der Waals surface area (Å²) in [5, 5.41) is 9.00. The maximum atomic E-state index is 10.9. The van der Waals surface area contributed by atoms with E-state index in [0.717, 1.165) is 5.56 Å². The van der Waals surface area contributed by atoms with Crippen LogP contribution < -0.4 is 0 Å². The van der Waals surface area contributed by atoms with Crippen LogP contribution in [-0.2, 0) is 4.79 Å². The number of benzene rings is 1. The van der Waals surface area contributed by atoms with Gasteiger partial charge in [-0.05, 0) is 11.5 Å². The summed E-state index contributed by atoms with van der Waals surface area (Å²) in [6.07, 6.45) is 0. The summed E-state index contributed by atoms with van der Waals surface area (Å²) >= 11 is 0. The molecule has 13 heavy (non-hydrogen) atoms. The first-order chi connectivity index (χ1) is 6.13. The van der Waals surface area contributed by atoms with E-state index in [4.69, 9.17) is 5.11 Å². The molecule has 0 saturated heterocycles. The van der Waals surface area contributed by atoms with E-state index in [1.807, 2.05) is 44.2 Å². The highest BCUT2D eigenvalue weighted by molar-refractivity contribution is 5.76. The molecule has 0 heterocycles. The predicted octanol–water partition coefficient (Wildman–Crippen LogP) is 2.51. The van der Waals surface area contributed by atoms with Gasteiger partial charge in [-0.25, -0.2) is 0 Å². The number of carboxylic acids is 1. The lowest BCUT2D eigenvalue weighted by atomic mass is 9.89. The molecule has 0 aromatic heterocycles. The first-order valence-corrected chi connectivity index (χ1v) is 4.40. The van der Waals surface area contributed by atoms with Crippen LogP contribution >= 0.6 is 0 Å². The Balaban J connectivity index is 2.96. The number of carboxylic acid groups (broad SMARTS) is 1. The lowest BCUT2D eigenvalue weighted by Gasteiger charge is -2.15. The summed E-state index contributed by atoms with van der Waals surface area (Å²) in [5.41, 5.74) is 0.880. The number of aliphatic carboxylic acids is 1. The molecule has 0 unspecified atom stereocenters. The van der Waals surface area contributed by atoms with Crippen molar-refractivity contribution >= 4 is 5.97 Å². The van der Waals surface area contributed by atoms with Crippen LogP contribution in [0.3, 0.4) is 0 Å². The molecule has 0 aliphatic carbocycles. The minimum Gasteiger partial charge on any atom is -0.481 e. The van der Waals surface area contributed by atoms with Gasteiger partial charge in [-0.15, -0.1) is 0 Å². The summed E-state index contributed by atoms with van der Waals surface area (Å²) in [5.74, 6) is -1.01. The number of hydrogen-bond acceptors (Lipinski definition) is 1. The number of rotatable bonds is 3. The molecule has 1 rings (SSSR count). The van der Waals surface area contributed by atoms with Gasteiger partial charge in [0, 0.05) is 0 Å². The molecule has 0 radical (unpaired) electrons. The van der Waals surface area contributed by atoms with Crippen molar-refractivity contribution in [3.05, 3.63) is 35.9 Å². The Morgan fingerprint density at radius 2 is 1.77 bits per heavy atom. The van der Waals surface area contributed by atoms with Crippen molar-refractivity contribution in [2.45, 2.75) is 19.8 Å². The quantitative estimate of drug-likeness (QED) is 0.772. The summed E-state index contributed by atoms with van der Waals surface area (Å²) in [7, 11) is 0. The predicted molar refractivity (Wildman–Crippen MR) is 51.7 cm³/mol. The number of carbonyl (C=O) groups is 1. The fourth-order valence-corrected chi connectivity index (χ4v) is 1.47. The highest BCUT2D eigenvalue weighted by atomic mass is 16.4. The van der Waals surface area contributed by atoms with Crippen LogP contribution in [0.25, 0.3) is 0 Å². The van der Waals surface area contributed by atoms with E-state index in [1.165, 1.54) is 0 Å². The van der Waals surface area contributed by atoms with Crippen molar-refractivity contribution in [2.75, 3.05) is 0 Å². The zero-order valence-electron chi connectivity index (χ0n) is 7.90. The van der Waals surface area contributed by atoms with Gasteiger partial charge in [0.2, 0.25) is 0 Å². The molecule has 0 amide bonds. The largest absolute Gasteiger partial charge is 0.481 e. The van der Waals surface area contributed by atoms with Crippen LogP contribution in [0.2, 0.25) is 0 Å². The molecule has 1 atom stereocenters. The maximum Gasteiger partial charge on any atom is 0.311 e. The smallest absolute Gasteiger partial charge is 0.311 e. The van der Waals surface area contributed by atoms with E-state index in [-0.39, 0.29) is 11.8 Å². The summed E-state index contributed by atoms with van der Waals surface area (Å²) in [6, 6.07) is 9.35. The Morgan fingerprint density at radius 1 is 1.23 bits per heavy atom. The van der Waals surface area contributed by atoms with Gasteiger partial charge in [-0.1, -0.05) is 44.2 Å². The molecule has 0 spiro atoms. The molecule has 2 heteroatoms. The first kappa shape index (κ1) is 9.78. The normalized spacial score (nSPS) is 12.8. The monoisotopic (exact) mass is 178 g/mol. The second kappa shape index (κ2) is 4.08. The summed E-state index contributed by atoms with van der Waals surface area (Å²) in [4.78, 5) is 10.9. The fourth-order valence-electron chi connectivity index (χ4n) is 1.47. The van der Waals surface area contributed by atoms with Crippen LogP contribution in [0.5, 0.6) is 0 Å². The molecule has 0 aliphatic heterocycles. The van der Waals surface area contributed by atoms with E-state index in [0.29, 0.717) is 0 Å². The van der Waals surface area contributed by atoms with Crippen molar-refractivity contribution in [1.29, 1.82) is 0 Å². The zero-order valence-corrected chi connectivity index (χ0v) is 7.90. The van der Waals surface area contributed by atoms with E-state index in [9.17, 15) is 4.79 Å². The van der Waals surface area contributed by atoms with E-state index >= 15 is 0 Å². The van der Waals surface area contributed by atoms with Crippen LogP contribution in [0.1, 0.15) is 25.3 Å². The van der Waals surface area contributed by atoms with Crippen molar-refractivity contribution in [1.82, 2.24) is 0 Å². The van der Waals surface area contributed by atoms with Gasteiger partial charge in [0.15, 0.2) is 0 Å². The Labute approximate surface area is 78.2 Å². The molecule has 0 saturated carbocycles. The number of hydrogen-bond donors (Lipinski definition) is 1. The van der Waals surface area contributed by atoms with Gasteiger partial charge in [0.05, 0.1) is 5.92 Å². The third-order valence-corrected chi connectivity index (χ3v) is 2.09. The third-order valence-electron chi connectivity index (χ3n) is 2.09. The van der Waals surface area contributed by atoms with E-state index < -0.39 is 5.97 Å². The van der Waals surface area contributed by atoms with Crippen molar-refractivity contribution in [2.24, 2.45) is 5.92 Å². The highest BCUT2D eigenvalue weighted by Gasteiger charge is 2.22. The van der Waals surface area contributed by atoms with Crippen molar-refractivity contribution in [3.8, 4) is 0 Å². The standard InChI is InChI=1S/C11H14O2/c1-8(2)10(11(12)13)9-6-4-3-5-7-9/h3-8,10H,1-2H3,(H,12,13)/t10-/m1/s1. The molecule has 0 aliphatic rings. The molecular formula is C11H14O2. The Hall–Kier alpha value is -1.31. The second-order valence-electron chi connectivity index (χ2n) is 3.47. The van der Waals surface area contributed by atoms with Crippen molar-refractivity contribution in [3.63, 3.8) is 0 Å². The first-order valence-electron chi connectivity index (χ1n) is 4.40. The van der Waals surface area contributed by atoms with Crippen LogP contribution in [0.4, 0.5) is 0 Å². The van der Waals surface area contributed by atoms with E-state index in [1.54, 1.807) is 0 Å². The third kappa shape index (κ3) is 2.31. The van der Waals surface area contributed by atoms with Crippen molar-refractivity contribution < 1.29 is 9.90 Å². The average molecular weight is 178 g/mol. The van der Waals surface area contributed by atoms with Gasteiger partial charge < -0.3 is 5.11 Å². The Kier molecular flexibility index (Phi) is 3.07. The molecule has 1 aromatic carbocycles. The van der Waals surface area contributed by atoms with Crippen LogP contribution in [0, 0.1) is 5.92 Å². The molecule has 1 aromatic rings. The lowest BCUT2D eigenvalue weighted by molar-refractivity contribution is -0.139. The minimum atomic E-state index is -0.749. The second-order valence-corrected chi connectivity index (χ2v) is 3.47. The molecule has 0 bridgehead atoms. The topological polar surface area (TPSA) is 37.3 Å². The Morgan fingerprint density at radius 3 is 2.15 bits per heavy atom. The van der Waals surface area contributed by atoms with Gasteiger partial charge >= 0.3 is 5.97 Å². The van der Waals surface area contributed by atoms with Gasteiger partial charge in [0.1, 0.15) is 0 Å². The highest BCUT2D eigenvalue weighted by Crippen LogP contribution is 2.23. The molecule has 2 nitrogen and oxygen atoms in total. The average Bonchev–Trinajstić information content (AvgIpc) is 2.04. The van der Waals surface area contributed by atoms with Gasteiger partial charge in [-0.2, -0.15) is 0 Å². The van der Waals surface area contributed by atoms with Gasteiger partial charge in [-0.3, -0.25) is 4.79 Å². The summed E-state index contributed by atoms with van der Waals surface area (Å²) in [6.45, 7) is 3.84. The zero-order chi connectivity index (χ0) is 9.84. The minimum absolute atomic E-state index is 0.125. The molecule has 70 valence electrons. The lowest BCUT2D eigenvalue weighted by Crippen LogP contribution is -2.17. The molecule has 0 fully saturated rings. The fraction of sp³-hybridized carbons (Fsp3) is 0.364. The maximum absolute atomic E-state index is 10.9. The molecular weight excluding hydrogens is 164 g/mol.